The molecule has 0 radical (unpaired) electrons. The molecule has 0 aromatic carbocycles. The maximum atomic E-state index is 12.8. The lowest BCUT2D eigenvalue weighted by Crippen LogP contribution is -2.52. The first-order valence-electron chi connectivity index (χ1n) is 8.78. The van der Waals surface area contributed by atoms with Gasteiger partial charge in [0.15, 0.2) is 5.76 Å². The van der Waals surface area contributed by atoms with Crippen LogP contribution in [0.25, 0.3) is 11.3 Å². The average Bonchev–Trinajstić information content (AvgIpc) is 2.99. The van der Waals surface area contributed by atoms with Gasteiger partial charge in [0.1, 0.15) is 10.6 Å². The predicted octanol–water partition coefficient (Wildman–Crippen LogP) is 1.23. The topological polar surface area (TPSA) is 111 Å². The normalized spacial score (nSPS) is 15.5. The molecular weight excluding hydrogens is 382 g/mol. The molecule has 146 valence electrons. The van der Waals surface area contributed by atoms with Crippen LogP contribution in [-0.2, 0) is 16.6 Å². The SMILES string of the molecule is Cc1noc(C)c1S(=O)(=O)N1CC(Cn2nc(-c3ccncc3)ccc2=O)C1. The smallest absolute Gasteiger partial charge is 0.266 e. The molecule has 0 saturated carbocycles. The molecule has 0 spiro atoms. The highest BCUT2D eigenvalue weighted by Gasteiger charge is 2.39. The first kappa shape index (κ1) is 18.5. The second-order valence-corrected chi connectivity index (χ2v) is 8.69. The molecule has 3 aromatic rings. The summed E-state index contributed by atoms with van der Waals surface area (Å²) >= 11 is 0. The molecule has 1 saturated heterocycles. The maximum absolute atomic E-state index is 12.8. The van der Waals surface area contributed by atoms with E-state index in [1.54, 1.807) is 32.3 Å². The van der Waals surface area contributed by atoms with E-state index in [0.29, 0.717) is 31.0 Å². The van der Waals surface area contributed by atoms with Crippen molar-refractivity contribution in [1.29, 1.82) is 0 Å². The third-order valence-corrected chi connectivity index (χ3v) is 6.84. The molecule has 4 rings (SSSR count). The molecule has 10 heteroatoms. The van der Waals surface area contributed by atoms with Gasteiger partial charge in [0.25, 0.3) is 5.56 Å². The predicted molar refractivity (Wildman–Crippen MR) is 100.0 cm³/mol. The monoisotopic (exact) mass is 401 g/mol. The Morgan fingerprint density at radius 2 is 1.86 bits per heavy atom. The molecule has 28 heavy (non-hydrogen) atoms. The summed E-state index contributed by atoms with van der Waals surface area (Å²) in [6.45, 7) is 4.18. The zero-order chi connectivity index (χ0) is 19.9. The minimum atomic E-state index is -3.64. The third kappa shape index (κ3) is 3.25. The number of hydrogen-bond acceptors (Lipinski definition) is 7. The number of rotatable bonds is 5. The maximum Gasteiger partial charge on any atom is 0.266 e. The molecule has 0 atom stereocenters. The fourth-order valence-corrected chi connectivity index (χ4v) is 5.19. The van der Waals surface area contributed by atoms with Gasteiger partial charge in [0.05, 0.1) is 12.2 Å². The number of hydrogen-bond donors (Lipinski definition) is 0. The van der Waals surface area contributed by atoms with Gasteiger partial charge in [-0.15, -0.1) is 0 Å². The molecule has 0 unspecified atom stereocenters. The highest BCUT2D eigenvalue weighted by Crippen LogP contribution is 2.29. The van der Waals surface area contributed by atoms with E-state index in [-0.39, 0.29) is 22.1 Å². The summed E-state index contributed by atoms with van der Waals surface area (Å²) in [6, 6.07) is 6.78. The lowest BCUT2D eigenvalue weighted by molar-refractivity contribution is 0.172. The Bertz CT molecular complexity index is 1140. The van der Waals surface area contributed by atoms with Gasteiger partial charge in [0, 0.05) is 43.0 Å². The van der Waals surface area contributed by atoms with Crippen molar-refractivity contribution in [2.45, 2.75) is 25.3 Å². The Hall–Kier alpha value is -2.85. The first-order valence-corrected chi connectivity index (χ1v) is 10.2. The van der Waals surface area contributed by atoms with E-state index in [1.807, 2.05) is 12.1 Å². The van der Waals surface area contributed by atoms with Crippen LogP contribution < -0.4 is 5.56 Å². The van der Waals surface area contributed by atoms with Crippen molar-refractivity contribution in [3.8, 4) is 11.3 Å². The van der Waals surface area contributed by atoms with Crippen molar-refractivity contribution in [3.05, 3.63) is 58.5 Å². The van der Waals surface area contributed by atoms with Crippen molar-refractivity contribution in [2.24, 2.45) is 5.92 Å². The molecule has 4 heterocycles. The highest BCUT2D eigenvalue weighted by molar-refractivity contribution is 7.89. The van der Waals surface area contributed by atoms with Crippen LogP contribution in [-0.4, -0.2) is 45.7 Å². The summed E-state index contributed by atoms with van der Waals surface area (Å²) in [5.74, 6) is 0.289. The van der Waals surface area contributed by atoms with Gasteiger partial charge >= 0.3 is 0 Å². The third-order valence-electron chi connectivity index (χ3n) is 4.76. The molecule has 1 aliphatic rings. The minimum absolute atomic E-state index is 0.00753. The van der Waals surface area contributed by atoms with Crippen LogP contribution in [0, 0.1) is 19.8 Å². The van der Waals surface area contributed by atoms with Crippen LogP contribution in [0.3, 0.4) is 0 Å². The molecule has 1 aliphatic heterocycles. The largest absolute Gasteiger partial charge is 0.360 e. The Labute approximate surface area is 161 Å². The van der Waals surface area contributed by atoms with Gasteiger partial charge in [-0.25, -0.2) is 13.1 Å². The van der Waals surface area contributed by atoms with Gasteiger partial charge < -0.3 is 4.52 Å². The molecule has 0 bridgehead atoms. The van der Waals surface area contributed by atoms with Crippen molar-refractivity contribution in [1.82, 2.24) is 24.2 Å². The second-order valence-electron chi connectivity index (χ2n) is 6.82. The zero-order valence-electron chi connectivity index (χ0n) is 15.4. The molecule has 1 fully saturated rings. The zero-order valence-corrected chi connectivity index (χ0v) is 16.3. The fourth-order valence-electron chi connectivity index (χ4n) is 3.31. The quantitative estimate of drug-likeness (QED) is 0.632. The molecule has 0 N–H and O–H groups in total. The summed E-state index contributed by atoms with van der Waals surface area (Å²) in [6.07, 6.45) is 3.33. The van der Waals surface area contributed by atoms with Crippen LogP contribution in [0.2, 0.25) is 0 Å². The van der Waals surface area contributed by atoms with Gasteiger partial charge in [-0.1, -0.05) is 5.16 Å². The number of pyridine rings is 1. The minimum Gasteiger partial charge on any atom is -0.360 e. The first-order chi connectivity index (χ1) is 13.4. The van der Waals surface area contributed by atoms with Crippen LogP contribution in [0.1, 0.15) is 11.5 Å². The van der Waals surface area contributed by atoms with E-state index in [4.69, 9.17) is 4.52 Å². The van der Waals surface area contributed by atoms with Gasteiger partial charge in [0.2, 0.25) is 10.0 Å². The summed E-state index contributed by atoms with van der Waals surface area (Å²) < 4.78 is 33.3. The van der Waals surface area contributed by atoms with Gasteiger partial charge in [-0.3, -0.25) is 9.78 Å². The summed E-state index contributed by atoms with van der Waals surface area (Å²) in [4.78, 5) is 16.3. The molecular formula is C18H19N5O4S. The van der Waals surface area contributed by atoms with Crippen molar-refractivity contribution in [2.75, 3.05) is 13.1 Å². The Morgan fingerprint density at radius 3 is 2.50 bits per heavy atom. The van der Waals surface area contributed by atoms with Crippen LogP contribution in [0.15, 0.2) is 50.9 Å². The number of aryl methyl sites for hydroxylation is 2. The van der Waals surface area contributed by atoms with Crippen LogP contribution in [0.5, 0.6) is 0 Å². The second kappa shape index (κ2) is 6.95. The van der Waals surface area contributed by atoms with Crippen LogP contribution in [0.4, 0.5) is 0 Å². The van der Waals surface area contributed by atoms with Crippen molar-refractivity contribution in [3.63, 3.8) is 0 Å². The number of aromatic nitrogens is 4. The molecule has 0 amide bonds. The van der Waals surface area contributed by atoms with Crippen molar-refractivity contribution < 1.29 is 12.9 Å². The Kier molecular flexibility index (Phi) is 4.60. The van der Waals surface area contributed by atoms with E-state index in [2.05, 4.69) is 15.2 Å². The van der Waals surface area contributed by atoms with E-state index in [1.165, 1.54) is 15.1 Å². The lowest BCUT2D eigenvalue weighted by atomic mass is 10.0. The highest BCUT2D eigenvalue weighted by atomic mass is 32.2. The lowest BCUT2D eigenvalue weighted by Gasteiger charge is -2.37. The van der Waals surface area contributed by atoms with E-state index in [0.717, 1.165) is 5.56 Å². The van der Waals surface area contributed by atoms with E-state index < -0.39 is 10.0 Å². The van der Waals surface area contributed by atoms with Crippen molar-refractivity contribution >= 4 is 10.0 Å². The van der Waals surface area contributed by atoms with Gasteiger partial charge in [-0.05, 0) is 32.0 Å². The standard InChI is InChI=1S/C18H19N5O4S/c1-12-18(13(2)27-21-12)28(25,26)22-9-14(10-22)11-23-17(24)4-3-16(20-23)15-5-7-19-8-6-15/h3-8,14H,9-11H2,1-2H3. The summed E-state index contributed by atoms with van der Waals surface area (Å²) in [5, 5.41) is 8.13. The molecule has 9 nitrogen and oxygen atoms in total. The fraction of sp³-hybridized carbons (Fsp3) is 0.333. The number of sulfonamides is 1. The van der Waals surface area contributed by atoms with Crippen LogP contribution >= 0.6 is 0 Å². The number of nitrogens with zero attached hydrogens (tertiary/aromatic N) is 5. The summed E-state index contributed by atoms with van der Waals surface area (Å²) in [7, 11) is -3.64. The molecule has 3 aromatic heterocycles. The molecule has 0 aliphatic carbocycles. The Balaban J connectivity index is 1.49. The average molecular weight is 401 g/mol. The Morgan fingerprint density at radius 1 is 1.14 bits per heavy atom. The van der Waals surface area contributed by atoms with E-state index in [9.17, 15) is 13.2 Å². The van der Waals surface area contributed by atoms with Gasteiger partial charge in [-0.2, -0.15) is 9.40 Å². The summed E-state index contributed by atoms with van der Waals surface area (Å²) in [5.41, 5.74) is 1.66. The van der Waals surface area contributed by atoms with E-state index >= 15 is 0 Å².